The summed E-state index contributed by atoms with van der Waals surface area (Å²) in [5.74, 6) is -0.657. The molecule has 0 fully saturated rings. The van der Waals surface area contributed by atoms with Crippen molar-refractivity contribution >= 4 is 28.2 Å². The van der Waals surface area contributed by atoms with Crippen LogP contribution < -0.4 is 10.6 Å². The predicted octanol–water partition coefficient (Wildman–Crippen LogP) is 3.71. The van der Waals surface area contributed by atoms with Gasteiger partial charge < -0.3 is 15.1 Å². The van der Waals surface area contributed by atoms with Crippen LogP contribution in [0, 0.1) is 5.82 Å². The van der Waals surface area contributed by atoms with Crippen molar-refractivity contribution in [2.75, 3.05) is 11.9 Å². The van der Waals surface area contributed by atoms with Gasteiger partial charge in [-0.2, -0.15) is 0 Å². The SMILES string of the molecule is O=C(Nc1ccc(C(=O)NCCc2ccc(F)cc2)s1)c1ccco1. The molecule has 2 heterocycles. The van der Waals surface area contributed by atoms with E-state index in [1.165, 1.54) is 29.7 Å². The molecule has 0 saturated carbocycles. The molecule has 3 rings (SSSR count). The number of thiophene rings is 1. The van der Waals surface area contributed by atoms with Gasteiger partial charge in [0.05, 0.1) is 16.1 Å². The molecule has 25 heavy (non-hydrogen) atoms. The van der Waals surface area contributed by atoms with E-state index in [1.54, 1.807) is 36.4 Å². The molecule has 0 aliphatic rings. The number of hydrogen-bond acceptors (Lipinski definition) is 4. The average Bonchev–Trinajstić information content (AvgIpc) is 3.28. The summed E-state index contributed by atoms with van der Waals surface area (Å²) in [7, 11) is 0. The summed E-state index contributed by atoms with van der Waals surface area (Å²) in [5, 5.41) is 6.04. The lowest BCUT2D eigenvalue weighted by Gasteiger charge is -2.04. The zero-order valence-electron chi connectivity index (χ0n) is 13.1. The third kappa shape index (κ3) is 4.54. The van der Waals surface area contributed by atoms with Crippen LogP contribution in [0.1, 0.15) is 25.8 Å². The molecule has 0 atom stereocenters. The second-order valence-electron chi connectivity index (χ2n) is 5.23. The zero-order chi connectivity index (χ0) is 17.6. The molecule has 2 N–H and O–H groups in total. The third-order valence-corrected chi connectivity index (χ3v) is 4.42. The summed E-state index contributed by atoms with van der Waals surface area (Å²) < 4.78 is 17.9. The van der Waals surface area contributed by atoms with Crippen LogP contribution in [0.4, 0.5) is 9.39 Å². The highest BCUT2D eigenvalue weighted by atomic mass is 32.1. The van der Waals surface area contributed by atoms with Gasteiger partial charge in [0.15, 0.2) is 5.76 Å². The molecule has 0 aliphatic carbocycles. The number of furan rings is 1. The molecule has 1 aromatic carbocycles. The van der Waals surface area contributed by atoms with Crippen LogP contribution >= 0.6 is 11.3 Å². The van der Waals surface area contributed by atoms with Crippen LogP contribution in [-0.4, -0.2) is 18.4 Å². The summed E-state index contributed by atoms with van der Waals surface area (Å²) >= 11 is 1.18. The van der Waals surface area contributed by atoms with Crippen molar-refractivity contribution in [3.63, 3.8) is 0 Å². The van der Waals surface area contributed by atoms with Crippen molar-refractivity contribution in [1.29, 1.82) is 0 Å². The lowest BCUT2D eigenvalue weighted by Crippen LogP contribution is -2.24. The molecule has 0 radical (unpaired) electrons. The monoisotopic (exact) mass is 358 g/mol. The van der Waals surface area contributed by atoms with E-state index in [0.29, 0.717) is 22.8 Å². The van der Waals surface area contributed by atoms with Crippen molar-refractivity contribution in [3.05, 3.63) is 76.8 Å². The second kappa shape index (κ2) is 7.76. The minimum atomic E-state index is -0.366. The molecule has 2 amide bonds. The van der Waals surface area contributed by atoms with Crippen molar-refractivity contribution < 1.29 is 18.4 Å². The Morgan fingerprint density at radius 1 is 1.04 bits per heavy atom. The molecule has 7 heteroatoms. The predicted molar refractivity (Wildman–Crippen MR) is 93.4 cm³/mol. The first-order valence-electron chi connectivity index (χ1n) is 7.59. The number of benzene rings is 1. The van der Waals surface area contributed by atoms with Crippen molar-refractivity contribution in [3.8, 4) is 0 Å². The topological polar surface area (TPSA) is 71.3 Å². The third-order valence-electron chi connectivity index (χ3n) is 3.42. The van der Waals surface area contributed by atoms with E-state index in [0.717, 1.165) is 5.56 Å². The minimum Gasteiger partial charge on any atom is -0.459 e. The molecule has 0 unspecified atom stereocenters. The highest BCUT2D eigenvalue weighted by Gasteiger charge is 2.13. The number of hydrogen-bond donors (Lipinski definition) is 2. The standard InChI is InChI=1S/C18H15FN2O3S/c19-13-5-3-12(4-6-13)9-10-20-18(23)15-7-8-16(25-15)21-17(22)14-2-1-11-24-14/h1-8,11H,9-10H2,(H,20,23)(H,21,22). The molecule has 3 aromatic rings. The van der Waals surface area contributed by atoms with E-state index in [-0.39, 0.29) is 23.4 Å². The Labute approximate surface area is 147 Å². The molecule has 128 valence electrons. The maximum Gasteiger partial charge on any atom is 0.291 e. The smallest absolute Gasteiger partial charge is 0.291 e. The van der Waals surface area contributed by atoms with Gasteiger partial charge in [0, 0.05) is 6.54 Å². The van der Waals surface area contributed by atoms with Crippen LogP contribution in [-0.2, 0) is 6.42 Å². The quantitative estimate of drug-likeness (QED) is 0.706. The summed E-state index contributed by atoms with van der Waals surface area (Å²) in [6.45, 7) is 0.441. The number of halogens is 1. The van der Waals surface area contributed by atoms with E-state index < -0.39 is 0 Å². The highest BCUT2D eigenvalue weighted by molar-refractivity contribution is 7.18. The van der Waals surface area contributed by atoms with Gasteiger partial charge in [0.2, 0.25) is 0 Å². The fraction of sp³-hybridized carbons (Fsp3) is 0.111. The number of rotatable bonds is 6. The molecule has 5 nitrogen and oxygen atoms in total. The van der Waals surface area contributed by atoms with Gasteiger partial charge in [-0.1, -0.05) is 12.1 Å². The molecular weight excluding hydrogens is 343 g/mol. The maximum absolute atomic E-state index is 12.8. The van der Waals surface area contributed by atoms with Crippen LogP contribution in [0.15, 0.2) is 59.2 Å². The first-order chi connectivity index (χ1) is 12.1. The molecular formula is C18H15FN2O3S. The normalized spacial score (nSPS) is 10.4. The highest BCUT2D eigenvalue weighted by Crippen LogP contribution is 2.22. The first-order valence-corrected chi connectivity index (χ1v) is 8.41. The Morgan fingerprint density at radius 2 is 1.84 bits per heavy atom. The van der Waals surface area contributed by atoms with Crippen molar-refractivity contribution in [2.24, 2.45) is 0 Å². The Kier molecular flexibility index (Phi) is 5.25. The summed E-state index contributed by atoms with van der Waals surface area (Å²) in [6.07, 6.45) is 2.03. The average molecular weight is 358 g/mol. The van der Waals surface area contributed by atoms with Crippen molar-refractivity contribution in [1.82, 2.24) is 5.32 Å². The second-order valence-corrected chi connectivity index (χ2v) is 6.31. The van der Waals surface area contributed by atoms with E-state index in [1.807, 2.05) is 0 Å². The van der Waals surface area contributed by atoms with Crippen LogP contribution in [0.2, 0.25) is 0 Å². The molecule has 2 aromatic heterocycles. The van der Waals surface area contributed by atoms with E-state index in [4.69, 9.17) is 4.42 Å². The fourth-order valence-electron chi connectivity index (χ4n) is 2.17. The molecule has 0 aliphatic heterocycles. The lowest BCUT2D eigenvalue weighted by atomic mass is 10.1. The van der Waals surface area contributed by atoms with Crippen LogP contribution in [0.25, 0.3) is 0 Å². The van der Waals surface area contributed by atoms with Gasteiger partial charge in [0.25, 0.3) is 11.8 Å². The van der Waals surface area contributed by atoms with Gasteiger partial charge in [-0.25, -0.2) is 4.39 Å². The van der Waals surface area contributed by atoms with E-state index >= 15 is 0 Å². The minimum absolute atomic E-state index is 0.207. The van der Waals surface area contributed by atoms with Gasteiger partial charge >= 0.3 is 0 Å². The number of carbonyl (C=O) groups excluding carboxylic acids is 2. The van der Waals surface area contributed by atoms with Gasteiger partial charge in [0.1, 0.15) is 5.82 Å². The molecule has 0 saturated heterocycles. The Morgan fingerprint density at radius 3 is 2.56 bits per heavy atom. The number of amides is 2. The Hall–Kier alpha value is -2.93. The maximum atomic E-state index is 12.8. The number of carbonyl (C=O) groups is 2. The van der Waals surface area contributed by atoms with Crippen LogP contribution in [0.5, 0.6) is 0 Å². The Bertz CT molecular complexity index is 857. The zero-order valence-corrected chi connectivity index (χ0v) is 13.9. The first kappa shape index (κ1) is 16.9. The number of anilines is 1. The van der Waals surface area contributed by atoms with Crippen LogP contribution in [0.3, 0.4) is 0 Å². The molecule has 0 bridgehead atoms. The van der Waals surface area contributed by atoms with Gasteiger partial charge in [-0.15, -0.1) is 11.3 Å². The van der Waals surface area contributed by atoms with Gasteiger partial charge in [-0.05, 0) is 48.4 Å². The number of nitrogens with one attached hydrogen (secondary N) is 2. The summed E-state index contributed by atoms with van der Waals surface area (Å²) in [5.41, 5.74) is 0.944. The largest absolute Gasteiger partial charge is 0.459 e. The van der Waals surface area contributed by atoms with Crippen molar-refractivity contribution in [2.45, 2.75) is 6.42 Å². The van der Waals surface area contributed by atoms with E-state index in [9.17, 15) is 14.0 Å². The van der Waals surface area contributed by atoms with E-state index in [2.05, 4.69) is 10.6 Å². The fourth-order valence-corrected chi connectivity index (χ4v) is 2.98. The summed E-state index contributed by atoms with van der Waals surface area (Å²) in [4.78, 5) is 24.5. The van der Waals surface area contributed by atoms with Gasteiger partial charge in [-0.3, -0.25) is 9.59 Å². The molecule has 0 spiro atoms. The summed E-state index contributed by atoms with van der Waals surface area (Å²) in [6, 6.07) is 12.7. The Balaban J connectivity index is 1.50. The lowest BCUT2D eigenvalue weighted by molar-refractivity contribution is 0.0956.